The van der Waals surface area contributed by atoms with Crippen LogP contribution in [0.2, 0.25) is 0 Å². The van der Waals surface area contributed by atoms with Crippen LogP contribution < -0.4 is 0 Å². The van der Waals surface area contributed by atoms with Crippen molar-refractivity contribution in [3.8, 4) is 0 Å². The molecule has 4 nitrogen and oxygen atoms in total. The van der Waals surface area contributed by atoms with Gasteiger partial charge >= 0.3 is 5.97 Å². The first kappa shape index (κ1) is 15.7. The van der Waals surface area contributed by atoms with Crippen molar-refractivity contribution in [3.63, 3.8) is 0 Å². The molecule has 2 unspecified atom stereocenters. The lowest BCUT2D eigenvalue weighted by Gasteiger charge is -2.17. The van der Waals surface area contributed by atoms with Crippen LogP contribution in [-0.4, -0.2) is 31.4 Å². The average Bonchev–Trinajstić information content (AvgIpc) is 2.41. The van der Waals surface area contributed by atoms with E-state index in [4.69, 9.17) is 14.2 Å². The number of rotatable bonds is 8. The third-order valence-electron chi connectivity index (χ3n) is 2.51. The quantitative estimate of drug-likeness (QED) is 0.678. The number of hydrogen-bond acceptors (Lipinski definition) is 4. The van der Waals surface area contributed by atoms with Crippen molar-refractivity contribution in [2.24, 2.45) is 0 Å². The van der Waals surface area contributed by atoms with Gasteiger partial charge in [-0.25, -0.2) is 0 Å². The highest BCUT2D eigenvalue weighted by atomic mass is 16.6. The number of benzene rings is 1. The van der Waals surface area contributed by atoms with Crippen molar-refractivity contribution >= 4 is 5.97 Å². The van der Waals surface area contributed by atoms with Gasteiger partial charge in [0, 0.05) is 6.92 Å². The fourth-order valence-electron chi connectivity index (χ4n) is 1.44. The van der Waals surface area contributed by atoms with E-state index in [0.29, 0.717) is 13.2 Å². The summed E-state index contributed by atoms with van der Waals surface area (Å²) in [7, 11) is 0. The molecule has 1 aromatic carbocycles. The van der Waals surface area contributed by atoms with E-state index >= 15 is 0 Å². The van der Waals surface area contributed by atoms with Gasteiger partial charge in [0.2, 0.25) is 0 Å². The number of carbonyl (C=O) groups excluding carboxylic acids is 1. The zero-order chi connectivity index (χ0) is 14.1. The fraction of sp³-hybridized carbons (Fsp3) is 0.533. The third kappa shape index (κ3) is 7.59. The Morgan fingerprint density at radius 3 is 2.32 bits per heavy atom. The molecule has 0 aromatic heterocycles. The van der Waals surface area contributed by atoms with Gasteiger partial charge in [0.25, 0.3) is 0 Å². The van der Waals surface area contributed by atoms with E-state index in [-0.39, 0.29) is 24.8 Å². The zero-order valence-corrected chi connectivity index (χ0v) is 11.8. The van der Waals surface area contributed by atoms with E-state index in [0.717, 1.165) is 5.56 Å². The fourth-order valence-corrected chi connectivity index (χ4v) is 1.44. The van der Waals surface area contributed by atoms with Gasteiger partial charge in [0.1, 0.15) is 6.61 Å². The number of hydrogen-bond donors (Lipinski definition) is 0. The summed E-state index contributed by atoms with van der Waals surface area (Å²) in [5.74, 6) is -0.288. The smallest absolute Gasteiger partial charge is 0.302 e. The van der Waals surface area contributed by atoms with E-state index in [9.17, 15) is 4.79 Å². The maximum atomic E-state index is 10.6. The summed E-state index contributed by atoms with van der Waals surface area (Å²) in [6.45, 7) is 6.55. The van der Waals surface area contributed by atoms with Gasteiger partial charge in [0.05, 0.1) is 25.4 Å². The van der Waals surface area contributed by atoms with E-state index in [1.807, 2.05) is 44.2 Å². The molecule has 0 bridgehead atoms. The van der Waals surface area contributed by atoms with Gasteiger partial charge in [-0.3, -0.25) is 4.79 Å². The van der Waals surface area contributed by atoms with Crippen LogP contribution in [0.4, 0.5) is 0 Å². The van der Waals surface area contributed by atoms with Crippen LogP contribution in [-0.2, 0) is 25.6 Å². The molecule has 0 radical (unpaired) electrons. The SMILES string of the molecule is CC(=O)OCC(C)OCC(C)OCc1ccccc1. The van der Waals surface area contributed by atoms with Crippen molar-refractivity contribution in [1.29, 1.82) is 0 Å². The Bertz CT molecular complexity index is 364. The lowest BCUT2D eigenvalue weighted by Crippen LogP contribution is -2.24. The second kappa shape index (κ2) is 8.67. The summed E-state index contributed by atoms with van der Waals surface area (Å²) in [4.78, 5) is 10.6. The largest absolute Gasteiger partial charge is 0.463 e. The monoisotopic (exact) mass is 266 g/mol. The second-order valence-corrected chi connectivity index (χ2v) is 4.55. The lowest BCUT2D eigenvalue weighted by atomic mass is 10.2. The van der Waals surface area contributed by atoms with E-state index < -0.39 is 0 Å². The summed E-state index contributed by atoms with van der Waals surface area (Å²) in [5.41, 5.74) is 1.14. The van der Waals surface area contributed by atoms with Crippen LogP contribution in [0.15, 0.2) is 30.3 Å². The van der Waals surface area contributed by atoms with Gasteiger partial charge in [-0.1, -0.05) is 30.3 Å². The second-order valence-electron chi connectivity index (χ2n) is 4.55. The van der Waals surface area contributed by atoms with Crippen LogP contribution in [0.5, 0.6) is 0 Å². The van der Waals surface area contributed by atoms with Crippen LogP contribution in [0.25, 0.3) is 0 Å². The Hall–Kier alpha value is -1.39. The van der Waals surface area contributed by atoms with Crippen LogP contribution in [0.1, 0.15) is 26.3 Å². The number of ether oxygens (including phenoxy) is 3. The molecule has 0 aliphatic carbocycles. The molecule has 0 heterocycles. The molecule has 0 fully saturated rings. The van der Waals surface area contributed by atoms with Gasteiger partial charge in [-0.2, -0.15) is 0 Å². The summed E-state index contributed by atoms with van der Waals surface area (Å²) in [6, 6.07) is 10.0. The Balaban J connectivity index is 2.14. The maximum absolute atomic E-state index is 10.6. The van der Waals surface area contributed by atoms with Gasteiger partial charge < -0.3 is 14.2 Å². The molecule has 4 heteroatoms. The minimum absolute atomic E-state index is 0.0000146. The van der Waals surface area contributed by atoms with E-state index in [1.54, 1.807) is 0 Å². The van der Waals surface area contributed by atoms with Crippen molar-refractivity contribution in [1.82, 2.24) is 0 Å². The number of esters is 1. The van der Waals surface area contributed by atoms with Crippen molar-refractivity contribution < 1.29 is 19.0 Å². The first-order valence-corrected chi connectivity index (χ1v) is 6.48. The molecular weight excluding hydrogens is 244 g/mol. The molecule has 1 rings (SSSR count). The standard InChI is InChI=1S/C15H22O4/c1-12(9-17-13(2)10-19-14(3)16)18-11-15-7-5-4-6-8-15/h4-8,12-13H,9-11H2,1-3H3. The van der Waals surface area contributed by atoms with Crippen LogP contribution in [0.3, 0.4) is 0 Å². The normalized spacial score (nSPS) is 13.8. The van der Waals surface area contributed by atoms with Gasteiger partial charge in [-0.15, -0.1) is 0 Å². The summed E-state index contributed by atoms with van der Waals surface area (Å²) >= 11 is 0. The lowest BCUT2D eigenvalue weighted by molar-refractivity contribution is -0.145. The highest BCUT2D eigenvalue weighted by Crippen LogP contribution is 2.04. The third-order valence-corrected chi connectivity index (χ3v) is 2.51. The van der Waals surface area contributed by atoms with Crippen molar-refractivity contribution in [2.45, 2.75) is 39.6 Å². The summed E-state index contributed by atoms with van der Waals surface area (Å²) in [6.07, 6.45) is -0.119. The average molecular weight is 266 g/mol. The van der Waals surface area contributed by atoms with Crippen LogP contribution >= 0.6 is 0 Å². The van der Waals surface area contributed by atoms with Crippen LogP contribution in [0, 0.1) is 0 Å². The van der Waals surface area contributed by atoms with E-state index in [1.165, 1.54) is 6.92 Å². The minimum Gasteiger partial charge on any atom is -0.463 e. The summed E-state index contributed by atoms with van der Waals surface area (Å²) in [5, 5.41) is 0. The molecule has 0 aliphatic heterocycles. The molecule has 0 amide bonds. The summed E-state index contributed by atoms with van der Waals surface area (Å²) < 4.78 is 16.1. The minimum atomic E-state index is -0.288. The molecule has 0 N–H and O–H groups in total. The first-order chi connectivity index (χ1) is 9.08. The molecule has 0 saturated carbocycles. The van der Waals surface area contributed by atoms with Gasteiger partial charge in [0.15, 0.2) is 0 Å². The first-order valence-electron chi connectivity index (χ1n) is 6.48. The molecule has 0 spiro atoms. The molecule has 106 valence electrons. The number of carbonyl (C=O) groups is 1. The highest BCUT2D eigenvalue weighted by Gasteiger charge is 2.08. The molecular formula is C15H22O4. The molecule has 0 aliphatic rings. The zero-order valence-electron chi connectivity index (χ0n) is 11.8. The predicted octanol–water partition coefficient (Wildman–Crippen LogP) is 2.56. The Labute approximate surface area is 114 Å². The Morgan fingerprint density at radius 2 is 1.68 bits per heavy atom. The Morgan fingerprint density at radius 1 is 1.05 bits per heavy atom. The molecule has 1 aromatic rings. The maximum Gasteiger partial charge on any atom is 0.302 e. The topological polar surface area (TPSA) is 44.8 Å². The van der Waals surface area contributed by atoms with Gasteiger partial charge in [-0.05, 0) is 19.4 Å². The van der Waals surface area contributed by atoms with Crippen molar-refractivity contribution in [3.05, 3.63) is 35.9 Å². The van der Waals surface area contributed by atoms with Crippen molar-refractivity contribution in [2.75, 3.05) is 13.2 Å². The molecule has 19 heavy (non-hydrogen) atoms. The molecule has 2 atom stereocenters. The Kier molecular flexibility index (Phi) is 7.15. The predicted molar refractivity (Wildman–Crippen MR) is 72.7 cm³/mol. The molecule has 0 saturated heterocycles. The van der Waals surface area contributed by atoms with E-state index in [2.05, 4.69) is 0 Å². The highest BCUT2D eigenvalue weighted by molar-refractivity contribution is 5.65.